The van der Waals surface area contributed by atoms with Gasteiger partial charge in [0, 0.05) is 24.3 Å². The Morgan fingerprint density at radius 1 is 1.27 bits per heavy atom. The third-order valence-corrected chi connectivity index (χ3v) is 4.38. The lowest BCUT2D eigenvalue weighted by molar-refractivity contribution is 0.168. The fourth-order valence-electron chi connectivity index (χ4n) is 2.90. The SMILES string of the molecule is Oc1ccc2c(c1)C[C@@H](NC[C@@H](O)c1ccc(Cl)nc1)CC2. The minimum Gasteiger partial charge on any atom is -0.508 e. The van der Waals surface area contributed by atoms with E-state index < -0.39 is 6.10 Å². The number of aryl methyl sites for hydroxylation is 1. The summed E-state index contributed by atoms with van der Waals surface area (Å²) in [6, 6.07) is 9.35. The molecule has 3 N–H and O–H groups in total. The Bertz CT molecular complexity index is 646. The summed E-state index contributed by atoms with van der Waals surface area (Å²) in [4.78, 5) is 3.98. The third kappa shape index (κ3) is 3.58. The second kappa shape index (κ2) is 6.65. The van der Waals surface area contributed by atoms with Crippen molar-refractivity contribution in [2.45, 2.75) is 31.4 Å². The maximum absolute atomic E-state index is 10.2. The molecule has 22 heavy (non-hydrogen) atoms. The number of halogens is 1. The minimum atomic E-state index is -0.602. The first-order valence-corrected chi connectivity index (χ1v) is 7.83. The highest BCUT2D eigenvalue weighted by Gasteiger charge is 2.19. The fourth-order valence-corrected chi connectivity index (χ4v) is 3.01. The molecule has 1 aliphatic rings. The number of aliphatic hydroxyl groups excluding tert-OH is 1. The highest BCUT2D eigenvalue weighted by molar-refractivity contribution is 6.29. The molecule has 0 unspecified atom stereocenters. The number of nitrogens with one attached hydrogen (secondary N) is 1. The van der Waals surface area contributed by atoms with Gasteiger partial charge >= 0.3 is 0 Å². The van der Waals surface area contributed by atoms with Gasteiger partial charge in [0.15, 0.2) is 0 Å². The van der Waals surface area contributed by atoms with Gasteiger partial charge in [-0.05, 0) is 48.6 Å². The molecule has 0 saturated carbocycles. The van der Waals surface area contributed by atoms with E-state index in [0.29, 0.717) is 23.5 Å². The molecule has 0 spiro atoms. The molecule has 5 heteroatoms. The average molecular weight is 319 g/mol. The van der Waals surface area contributed by atoms with Gasteiger partial charge in [0.2, 0.25) is 0 Å². The molecule has 1 aromatic heterocycles. The van der Waals surface area contributed by atoms with Crippen LogP contribution in [0.2, 0.25) is 5.15 Å². The molecule has 4 nitrogen and oxygen atoms in total. The van der Waals surface area contributed by atoms with Crippen LogP contribution in [-0.4, -0.2) is 27.8 Å². The van der Waals surface area contributed by atoms with E-state index in [1.807, 2.05) is 12.1 Å². The van der Waals surface area contributed by atoms with E-state index in [1.54, 1.807) is 24.4 Å². The standard InChI is InChI=1S/C17H19ClN2O2/c18-17-6-3-12(9-20-17)16(22)10-19-14-4-1-11-2-5-15(21)8-13(11)7-14/h2-3,5-6,8-9,14,16,19,21-22H,1,4,7,10H2/t14-,16+/m0/s1. The van der Waals surface area contributed by atoms with Crippen molar-refractivity contribution >= 4 is 11.6 Å². The summed E-state index contributed by atoms with van der Waals surface area (Å²) < 4.78 is 0. The first kappa shape index (κ1) is 15.3. The lowest BCUT2D eigenvalue weighted by Crippen LogP contribution is -2.37. The molecule has 116 valence electrons. The number of pyridine rings is 1. The lowest BCUT2D eigenvalue weighted by Gasteiger charge is -2.26. The van der Waals surface area contributed by atoms with E-state index in [1.165, 1.54) is 11.1 Å². The lowest BCUT2D eigenvalue weighted by atomic mass is 9.88. The number of aromatic hydroxyl groups is 1. The Morgan fingerprint density at radius 3 is 2.91 bits per heavy atom. The molecule has 0 aliphatic heterocycles. The Morgan fingerprint density at radius 2 is 2.14 bits per heavy atom. The van der Waals surface area contributed by atoms with Gasteiger partial charge in [0.05, 0.1) is 6.10 Å². The maximum Gasteiger partial charge on any atom is 0.129 e. The van der Waals surface area contributed by atoms with Crippen molar-refractivity contribution in [2.24, 2.45) is 0 Å². The van der Waals surface area contributed by atoms with Crippen LogP contribution in [0.1, 0.15) is 29.2 Å². The van der Waals surface area contributed by atoms with Crippen molar-refractivity contribution in [3.05, 3.63) is 58.4 Å². The van der Waals surface area contributed by atoms with E-state index in [0.717, 1.165) is 24.8 Å². The van der Waals surface area contributed by atoms with Crippen LogP contribution in [0, 0.1) is 0 Å². The summed E-state index contributed by atoms with van der Waals surface area (Å²) in [5, 5.41) is 23.6. The maximum atomic E-state index is 10.2. The molecule has 1 aliphatic carbocycles. The van der Waals surface area contributed by atoms with E-state index in [9.17, 15) is 10.2 Å². The zero-order valence-corrected chi connectivity index (χ0v) is 12.9. The van der Waals surface area contributed by atoms with Gasteiger partial charge in [-0.3, -0.25) is 0 Å². The van der Waals surface area contributed by atoms with Gasteiger partial charge in [-0.15, -0.1) is 0 Å². The number of hydrogen-bond donors (Lipinski definition) is 3. The number of phenolic OH excluding ortho intramolecular Hbond substituents is 1. The highest BCUT2D eigenvalue weighted by Crippen LogP contribution is 2.25. The molecule has 0 bridgehead atoms. The zero-order chi connectivity index (χ0) is 15.5. The number of nitrogens with zero attached hydrogens (tertiary/aromatic N) is 1. The molecule has 0 amide bonds. The highest BCUT2D eigenvalue weighted by atomic mass is 35.5. The molecule has 0 radical (unpaired) electrons. The molecule has 2 aromatic rings. The van der Waals surface area contributed by atoms with Crippen LogP contribution >= 0.6 is 11.6 Å². The fraction of sp³-hybridized carbons (Fsp3) is 0.353. The van der Waals surface area contributed by atoms with Crippen molar-refractivity contribution in [2.75, 3.05) is 6.54 Å². The summed E-state index contributed by atoms with van der Waals surface area (Å²) in [6.07, 6.45) is 3.89. The summed E-state index contributed by atoms with van der Waals surface area (Å²) >= 11 is 5.75. The molecular weight excluding hydrogens is 300 g/mol. The molecule has 1 heterocycles. The van der Waals surface area contributed by atoms with Crippen LogP contribution < -0.4 is 5.32 Å². The van der Waals surface area contributed by atoms with Gasteiger partial charge in [-0.2, -0.15) is 0 Å². The molecule has 1 aromatic carbocycles. The predicted octanol–water partition coefficient (Wildman–Crippen LogP) is 2.62. The number of phenols is 1. The number of fused-ring (bicyclic) bond motifs is 1. The molecule has 3 rings (SSSR count). The number of benzene rings is 1. The smallest absolute Gasteiger partial charge is 0.129 e. The summed E-state index contributed by atoms with van der Waals surface area (Å²) in [5.41, 5.74) is 3.25. The zero-order valence-electron chi connectivity index (χ0n) is 12.2. The van der Waals surface area contributed by atoms with Crippen molar-refractivity contribution in [3.63, 3.8) is 0 Å². The van der Waals surface area contributed by atoms with Crippen LogP contribution in [-0.2, 0) is 12.8 Å². The number of rotatable bonds is 4. The Hall–Kier alpha value is -1.62. The third-order valence-electron chi connectivity index (χ3n) is 4.15. The van der Waals surface area contributed by atoms with Crippen LogP contribution in [0.25, 0.3) is 0 Å². The average Bonchev–Trinajstić information content (AvgIpc) is 2.53. The summed E-state index contributed by atoms with van der Waals surface area (Å²) in [5.74, 6) is 0.312. The van der Waals surface area contributed by atoms with Crippen molar-refractivity contribution < 1.29 is 10.2 Å². The second-order valence-electron chi connectivity index (χ2n) is 5.73. The van der Waals surface area contributed by atoms with Gasteiger partial charge in [-0.25, -0.2) is 4.98 Å². The van der Waals surface area contributed by atoms with E-state index in [2.05, 4.69) is 10.3 Å². The Balaban J connectivity index is 1.57. The second-order valence-corrected chi connectivity index (χ2v) is 6.12. The monoisotopic (exact) mass is 318 g/mol. The van der Waals surface area contributed by atoms with Crippen LogP contribution in [0.15, 0.2) is 36.5 Å². The largest absolute Gasteiger partial charge is 0.508 e. The van der Waals surface area contributed by atoms with Gasteiger partial charge in [-0.1, -0.05) is 23.7 Å². The summed E-state index contributed by atoms with van der Waals surface area (Å²) in [7, 11) is 0. The minimum absolute atomic E-state index is 0.309. The topological polar surface area (TPSA) is 65.4 Å². The van der Waals surface area contributed by atoms with Gasteiger partial charge in [0.1, 0.15) is 10.9 Å². The quantitative estimate of drug-likeness (QED) is 0.758. The van der Waals surface area contributed by atoms with Crippen molar-refractivity contribution in [3.8, 4) is 5.75 Å². The summed E-state index contributed by atoms with van der Waals surface area (Å²) in [6.45, 7) is 0.474. The van der Waals surface area contributed by atoms with Crippen LogP contribution in [0.5, 0.6) is 5.75 Å². The molecule has 0 saturated heterocycles. The predicted molar refractivity (Wildman–Crippen MR) is 86.1 cm³/mol. The van der Waals surface area contributed by atoms with E-state index in [-0.39, 0.29) is 0 Å². The van der Waals surface area contributed by atoms with E-state index >= 15 is 0 Å². The van der Waals surface area contributed by atoms with Crippen LogP contribution in [0.3, 0.4) is 0 Å². The Labute approximate surface area is 134 Å². The molecule has 0 fully saturated rings. The Kier molecular flexibility index (Phi) is 4.62. The first-order valence-electron chi connectivity index (χ1n) is 7.45. The molecule has 2 atom stereocenters. The number of hydrogen-bond acceptors (Lipinski definition) is 4. The first-order chi connectivity index (χ1) is 10.6. The van der Waals surface area contributed by atoms with Crippen molar-refractivity contribution in [1.82, 2.24) is 10.3 Å². The number of aromatic nitrogens is 1. The van der Waals surface area contributed by atoms with E-state index in [4.69, 9.17) is 11.6 Å². The van der Waals surface area contributed by atoms with Crippen LogP contribution in [0.4, 0.5) is 0 Å². The van der Waals surface area contributed by atoms with Crippen molar-refractivity contribution in [1.29, 1.82) is 0 Å². The normalized spacial score (nSPS) is 18.7. The number of aliphatic hydroxyl groups is 1. The molecular formula is C17H19ClN2O2. The van der Waals surface area contributed by atoms with Gasteiger partial charge < -0.3 is 15.5 Å². The van der Waals surface area contributed by atoms with Gasteiger partial charge in [0.25, 0.3) is 0 Å².